The monoisotopic (exact) mass is 268 g/mol. The first-order valence-electron chi connectivity index (χ1n) is 7.73. The lowest BCUT2D eigenvalue weighted by atomic mass is 10.0. The zero-order valence-electron chi connectivity index (χ0n) is 12.4. The van der Waals surface area contributed by atoms with Crippen LogP contribution in [0, 0.1) is 11.8 Å². The highest BCUT2D eigenvalue weighted by Gasteiger charge is 2.22. The standard InChI is InChI=1S/C15H28N2O2/c1-13(2)11-15(18)17-8-6-16(7-9-17)5-3-14-4-10-19-12-14/h13-14H,3-12H2,1-2H3/t14-/m0/s1. The molecule has 2 saturated heterocycles. The van der Waals surface area contributed by atoms with Crippen LogP contribution >= 0.6 is 0 Å². The van der Waals surface area contributed by atoms with E-state index in [9.17, 15) is 4.79 Å². The summed E-state index contributed by atoms with van der Waals surface area (Å²) < 4.78 is 5.41. The fourth-order valence-electron chi connectivity index (χ4n) is 2.88. The van der Waals surface area contributed by atoms with Gasteiger partial charge in [-0.3, -0.25) is 9.69 Å². The summed E-state index contributed by atoms with van der Waals surface area (Å²) in [4.78, 5) is 16.5. The van der Waals surface area contributed by atoms with Crippen molar-refractivity contribution in [2.75, 3.05) is 45.9 Å². The number of hydrogen-bond acceptors (Lipinski definition) is 3. The summed E-state index contributed by atoms with van der Waals surface area (Å²) in [6, 6.07) is 0. The van der Waals surface area contributed by atoms with Crippen LogP contribution in [0.2, 0.25) is 0 Å². The molecule has 0 spiro atoms. The average Bonchev–Trinajstić information content (AvgIpc) is 2.89. The van der Waals surface area contributed by atoms with Gasteiger partial charge < -0.3 is 9.64 Å². The van der Waals surface area contributed by atoms with Crippen molar-refractivity contribution < 1.29 is 9.53 Å². The third-order valence-electron chi connectivity index (χ3n) is 4.19. The van der Waals surface area contributed by atoms with E-state index in [-0.39, 0.29) is 0 Å². The van der Waals surface area contributed by atoms with E-state index < -0.39 is 0 Å². The Morgan fingerprint density at radius 1 is 1.26 bits per heavy atom. The van der Waals surface area contributed by atoms with E-state index in [1.807, 2.05) is 4.90 Å². The van der Waals surface area contributed by atoms with Crippen LogP contribution in [0.15, 0.2) is 0 Å². The molecule has 2 rings (SSSR count). The van der Waals surface area contributed by atoms with Gasteiger partial charge in [0.15, 0.2) is 0 Å². The molecule has 0 aromatic rings. The van der Waals surface area contributed by atoms with Gasteiger partial charge in [0.25, 0.3) is 0 Å². The molecule has 0 N–H and O–H groups in total. The van der Waals surface area contributed by atoms with Crippen LogP contribution in [0.3, 0.4) is 0 Å². The summed E-state index contributed by atoms with van der Waals surface area (Å²) in [5.74, 6) is 1.56. The minimum atomic E-state index is 0.332. The molecule has 0 unspecified atom stereocenters. The SMILES string of the molecule is CC(C)CC(=O)N1CCN(CC[C@H]2CCOC2)CC1. The number of nitrogens with zero attached hydrogens (tertiary/aromatic N) is 2. The molecule has 0 aromatic carbocycles. The molecule has 2 fully saturated rings. The predicted molar refractivity (Wildman–Crippen MR) is 76.0 cm³/mol. The average molecular weight is 268 g/mol. The van der Waals surface area contributed by atoms with E-state index in [0.29, 0.717) is 18.2 Å². The maximum absolute atomic E-state index is 12.0. The van der Waals surface area contributed by atoms with Gasteiger partial charge in [0.05, 0.1) is 0 Å². The Kier molecular flexibility index (Phi) is 5.64. The normalized spacial score (nSPS) is 25.2. The summed E-state index contributed by atoms with van der Waals surface area (Å²) >= 11 is 0. The number of ether oxygens (including phenoxy) is 1. The second-order valence-electron chi connectivity index (χ2n) is 6.34. The van der Waals surface area contributed by atoms with E-state index in [2.05, 4.69) is 18.7 Å². The molecule has 0 bridgehead atoms. The highest BCUT2D eigenvalue weighted by Crippen LogP contribution is 2.17. The molecule has 1 amide bonds. The largest absolute Gasteiger partial charge is 0.381 e. The molecule has 110 valence electrons. The van der Waals surface area contributed by atoms with Crippen LogP contribution in [0.25, 0.3) is 0 Å². The molecule has 2 aliphatic heterocycles. The molecule has 0 aliphatic carbocycles. The van der Waals surface area contributed by atoms with Gasteiger partial charge in [0.1, 0.15) is 0 Å². The Hall–Kier alpha value is -0.610. The number of hydrogen-bond donors (Lipinski definition) is 0. The summed E-state index contributed by atoms with van der Waals surface area (Å²) in [6.45, 7) is 11.2. The van der Waals surface area contributed by atoms with Gasteiger partial charge in [0.2, 0.25) is 5.91 Å². The minimum Gasteiger partial charge on any atom is -0.381 e. The number of amides is 1. The zero-order chi connectivity index (χ0) is 13.7. The quantitative estimate of drug-likeness (QED) is 0.759. The van der Waals surface area contributed by atoms with Crippen LogP contribution in [0.1, 0.15) is 33.1 Å². The number of carbonyl (C=O) groups is 1. The minimum absolute atomic E-state index is 0.332. The second-order valence-corrected chi connectivity index (χ2v) is 6.34. The Balaban J connectivity index is 1.63. The highest BCUT2D eigenvalue weighted by atomic mass is 16.5. The predicted octanol–water partition coefficient (Wildman–Crippen LogP) is 1.60. The van der Waals surface area contributed by atoms with Crippen LogP contribution in [-0.4, -0.2) is 61.6 Å². The molecule has 1 atom stereocenters. The van der Waals surface area contributed by atoms with Crippen molar-refractivity contribution >= 4 is 5.91 Å². The van der Waals surface area contributed by atoms with Crippen molar-refractivity contribution in [3.63, 3.8) is 0 Å². The smallest absolute Gasteiger partial charge is 0.222 e. The molecule has 0 radical (unpaired) electrons. The summed E-state index contributed by atoms with van der Waals surface area (Å²) in [5, 5.41) is 0. The molecular formula is C15H28N2O2. The van der Waals surface area contributed by atoms with Crippen molar-refractivity contribution in [2.45, 2.75) is 33.1 Å². The van der Waals surface area contributed by atoms with Gasteiger partial charge in [-0.1, -0.05) is 13.8 Å². The number of carbonyl (C=O) groups excluding carboxylic acids is 1. The van der Waals surface area contributed by atoms with Crippen LogP contribution in [-0.2, 0) is 9.53 Å². The topological polar surface area (TPSA) is 32.8 Å². The molecule has 2 aliphatic rings. The van der Waals surface area contributed by atoms with E-state index in [1.54, 1.807) is 0 Å². The molecule has 4 heteroatoms. The first-order valence-corrected chi connectivity index (χ1v) is 7.73. The van der Waals surface area contributed by atoms with Crippen molar-refractivity contribution in [1.29, 1.82) is 0 Å². The van der Waals surface area contributed by atoms with Crippen molar-refractivity contribution in [2.24, 2.45) is 11.8 Å². The van der Waals surface area contributed by atoms with Gasteiger partial charge in [0, 0.05) is 45.8 Å². The Bertz CT molecular complexity index is 280. The van der Waals surface area contributed by atoms with Crippen molar-refractivity contribution in [3.8, 4) is 0 Å². The van der Waals surface area contributed by atoms with Crippen molar-refractivity contribution in [1.82, 2.24) is 9.80 Å². The number of rotatable bonds is 5. The maximum atomic E-state index is 12.0. The van der Waals surface area contributed by atoms with Crippen LogP contribution in [0.4, 0.5) is 0 Å². The van der Waals surface area contributed by atoms with E-state index >= 15 is 0 Å². The van der Waals surface area contributed by atoms with Crippen molar-refractivity contribution in [3.05, 3.63) is 0 Å². The van der Waals surface area contributed by atoms with Gasteiger partial charge in [-0.15, -0.1) is 0 Å². The first kappa shape index (κ1) is 14.8. The molecule has 4 nitrogen and oxygen atoms in total. The van der Waals surface area contributed by atoms with E-state index in [4.69, 9.17) is 4.74 Å². The first-order chi connectivity index (χ1) is 9.15. The Morgan fingerprint density at radius 3 is 2.58 bits per heavy atom. The van der Waals surface area contributed by atoms with Crippen LogP contribution < -0.4 is 0 Å². The number of piperazine rings is 1. The fourth-order valence-corrected chi connectivity index (χ4v) is 2.88. The Morgan fingerprint density at radius 2 is 2.00 bits per heavy atom. The van der Waals surface area contributed by atoms with Crippen LogP contribution in [0.5, 0.6) is 0 Å². The lowest BCUT2D eigenvalue weighted by molar-refractivity contribution is -0.133. The third kappa shape index (κ3) is 4.77. The summed E-state index contributed by atoms with van der Waals surface area (Å²) in [6.07, 6.45) is 3.17. The molecule has 0 aromatic heterocycles. The molecular weight excluding hydrogens is 240 g/mol. The van der Waals surface area contributed by atoms with Gasteiger partial charge in [-0.05, 0) is 31.2 Å². The molecule has 0 saturated carbocycles. The summed E-state index contributed by atoms with van der Waals surface area (Å²) in [7, 11) is 0. The maximum Gasteiger partial charge on any atom is 0.222 e. The van der Waals surface area contributed by atoms with E-state index in [0.717, 1.165) is 45.3 Å². The third-order valence-corrected chi connectivity index (χ3v) is 4.19. The molecule has 19 heavy (non-hydrogen) atoms. The van der Waals surface area contributed by atoms with Gasteiger partial charge in [-0.25, -0.2) is 0 Å². The second kappa shape index (κ2) is 7.25. The Labute approximate surface area is 117 Å². The fraction of sp³-hybridized carbons (Fsp3) is 0.933. The summed E-state index contributed by atoms with van der Waals surface area (Å²) in [5.41, 5.74) is 0. The zero-order valence-corrected chi connectivity index (χ0v) is 12.4. The van der Waals surface area contributed by atoms with E-state index in [1.165, 1.54) is 19.4 Å². The lowest BCUT2D eigenvalue weighted by Gasteiger charge is -2.35. The van der Waals surface area contributed by atoms with Gasteiger partial charge in [-0.2, -0.15) is 0 Å². The molecule has 2 heterocycles. The lowest BCUT2D eigenvalue weighted by Crippen LogP contribution is -2.49. The highest BCUT2D eigenvalue weighted by molar-refractivity contribution is 5.76. The van der Waals surface area contributed by atoms with Gasteiger partial charge >= 0.3 is 0 Å².